The molecule has 1 aliphatic rings. The summed E-state index contributed by atoms with van der Waals surface area (Å²) < 4.78 is 1.91. The molecule has 0 unspecified atom stereocenters. The predicted octanol–water partition coefficient (Wildman–Crippen LogP) is 5.27. The molecule has 0 aliphatic heterocycles. The molecule has 1 amide bonds. The Morgan fingerprint density at radius 1 is 1.21 bits per heavy atom. The van der Waals surface area contributed by atoms with Crippen LogP contribution >= 0.6 is 0 Å². The number of carbonyl (C=O) groups excluding carboxylic acids is 1. The zero-order valence-electron chi connectivity index (χ0n) is 17.1. The molecule has 1 saturated carbocycles. The number of fused-ring (bicyclic) bond motifs is 1. The highest BCUT2D eigenvalue weighted by molar-refractivity contribution is 6.12. The van der Waals surface area contributed by atoms with Crippen LogP contribution in [0.2, 0.25) is 0 Å². The Kier molecular flexibility index (Phi) is 4.92. The van der Waals surface area contributed by atoms with E-state index in [0.717, 1.165) is 48.1 Å². The minimum atomic E-state index is -0.0757. The number of aromatic nitrogens is 3. The first-order chi connectivity index (χ1) is 13.5. The summed E-state index contributed by atoms with van der Waals surface area (Å²) in [5.74, 6) is 0.397. The number of amides is 1. The number of nitrogens with zero attached hydrogens (tertiary/aromatic N) is 3. The SMILES string of the molecule is CCc1cccc(CC)c1NC(=O)c1cc(C2CC2)nc2c1cnn2C(C)C. The monoisotopic (exact) mass is 376 g/mol. The standard InChI is InChI=1S/C23H28N4O/c1-5-15-8-7-9-16(6-2)21(15)26-23(28)18-12-20(17-10-11-17)25-22-19(18)13-24-27(22)14(3)4/h7-9,12-14,17H,5-6,10-11H2,1-4H3,(H,26,28). The Morgan fingerprint density at radius 2 is 1.89 bits per heavy atom. The molecule has 0 spiro atoms. The lowest BCUT2D eigenvalue weighted by Crippen LogP contribution is -2.16. The van der Waals surface area contributed by atoms with Gasteiger partial charge in [0.1, 0.15) is 0 Å². The maximum absolute atomic E-state index is 13.4. The van der Waals surface area contributed by atoms with Gasteiger partial charge < -0.3 is 5.32 Å². The summed E-state index contributed by atoms with van der Waals surface area (Å²) in [7, 11) is 0. The molecule has 1 aliphatic carbocycles. The van der Waals surface area contributed by atoms with Crippen molar-refractivity contribution in [3.63, 3.8) is 0 Å². The van der Waals surface area contributed by atoms with Crippen LogP contribution in [0, 0.1) is 0 Å². The van der Waals surface area contributed by atoms with Gasteiger partial charge in [0.25, 0.3) is 5.91 Å². The first kappa shape index (κ1) is 18.7. The number of hydrogen-bond acceptors (Lipinski definition) is 3. The normalized spacial score (nSPS) is 14.0. The second kappa shape index (κ2) is 7.38. The summed E-state index contributed by atoms with van der Waals surface area (Å²) in [5, 5.41) is 8.54. The van der Waals surface area contributed by atoms with Crippen LogP contribution in [-0.4, -0.2) is 20.7 Å². The molecule has 5 heteroatoms. The molecule has 146 valence electrons. The molecule has 1 aromatic carbocycles. The Balaban J connectivity index is 1.80. The molecular formula is C23H28N4O. The molecule has 5 nitrogen and oxygen atoms in total. The van der Waals surface area contributed by atoms with Crippen molar-refractivity contribution in [2.75, 3.05) is 5.32 Å². The first-order valence-electron chi connectivity index (χ1n) is 10.3. The van der Waals surface area contributed by atoms with Gasteiger partial charge in [-0.3, -0.25) is 4.79 Å². The van der Waals surface area contributed by atoms with Crippen LogP contribution in [-0.2, 0) is 12.8 Å². The third-order valence-electron chi connectivity index (χ3n) is 5.55. The number of aryl methyl sites for hydroxylation is 2. The van der Waals surface area contributed by atoms with E-state index >= 15 is 0 Å². The molecule has 1 N–H and O–H groups in total. The quantitative estimate of drug-likeness (QED) is 0.638. The van der Waals surface area contributed by atoms with Crippen molar-refractivity contribution in [1.29, 1.82) is 0 Å². The third kappa shape index (κ3) is 3.30. The van der Waals surface area contributed by atoms with Gasteiger partial charge in [0.15, 0.2) is 5.65 Å². The fraction of sp³-hybridized carbons (Fsp3) is 0.435. The Bertz CT molecular complexity index is 1010. The average Bonchev–Trinajstić information content (AvgIpc) is 3.45. The topological polar surface area (TPSA) is 59.8 Å². The summed E-state index contributed by atoms with van der Waals surface area (Å²) in [5.41, 5.74) is 5.78. The molecule has 1 fully saturated rings. The minimum absolute atomic E-state index is 0.0757. The molecule has 0 bridgehead atoms. The van der Waals surface area contributed by atoms with Gasteiger partial charge in [-0.25, -0.2) is 9.67 Å². The fourth-order valence-electron chi connectivity index (χ4n) is 3.78. The van der Waals surface area contributed by atoms with Crippen LogP contribution in [0.25, 0.3) is 11.0 Å². The van der Waals surface area contributed by atoms with Gasteiger partial charge in [0, 0.05) is 23.3 Å². The molecule has 0 radical (unpaired) electrons. The van der Waals surface area contributed by atoms with Gasteiger partial charge in [-0.2, -0.15) is 5.10 Å². The van der Waals surface area contributed by atoms with Crippen LogP contribution in [0.5, 0.6) is 0 Å². The fourth-order valence-corrected chi connectivity index (χ4v) is 3.78. The van der Waals surface area contributed by atoms with Gasteiger partial charge in [0.2, 0.25) is 0 Å². The summed E-state index contributed by atoms with van der Waals surface area (Å²) >= 11 is 0. The van der Waals surface area contributed by atoms with Crippen molar-refractivity contribution < 1.29 is 4.79 Å². The first-order valence-corrected chi connectivity index (χ1v) is 10.3. The van der Waals surface area contributed by atoms with Crippen LogP contribution in [0.3, 0.4) is 0 Å². The van der Waals surface area contributed by atoms with E-state index in [1.54, 1.807) is 6.20 Å². The lowest BCUT2D eigenvalue weighted by atomic mass is 10.0. The van der Waals surface area contributed by atoms with Crippen LogP contribution in [0.4, 0.5) is 5.69 Å². The van der Waals surface area contributed by atoms with Gasteiger partial charge in [-0.1, -0.05) is 32.0 Å². The largest absolute Gasteiger partial charge is 0.321 e. The summed E-state index contributed by atoms with van der Waals surface area (Å²) in [6.45, 7) is 8.41. The second-order valence-corrected chi connectivity index (χ2v) is 7.90. The zero-order chi connectivity index (χ0) is 19.8. The van der Waals surface area contributed by atoms with Crippen LogP contribution < -0.4 is 5.32 Å². The van der Waals surface area contributed by atoms with E-state index in [2.05, 4.69) is 56.3 Å². The predicted molar refractivity (Wildman–Crippen MR) is 113 cm³/mol. The Hall–Kier alpha value is -2.69. The molecular weight excluding hydrogens is 348 g/mol. The molecule has 0 saturated heterocycles. The summed E-state index contributed by atoms with van der Waals surface area (Å²) in [6, 6.07) is 8.41. The Morgan fingerprint density at radius 3 is 2.46 bits per heavy atom. The lowest BCUT2D eigenvalue weighted by molar-refractivity contribution is 0.102. The van der Waals surface area contributed by atoms with E-state index in [1.165, 1.54) is 11.1 Å². The van der Waals surface area contributed by atoms with Gasteiger partial charge >= 0.3 is 0 Å². The number of para-hydroxylation sites is 1. The van der Waals surface area contributed by atoms with Crippen LogP contribution in [0.15, 0.2) is 30.5 Å². The molecule has 28 heavy (non-hydrogen) atoms. The van der Waals surface area contributed by atoms with E-state index in [-0.39, 0.29) is 11.9 Å². The van der Waals surface area contributed by atoms with Crippen molar-refractivity contribution in [1.82, 2.24) is 14.8 Å². The highest BCUT2D eigenvalue weighted by Gasteiger charge is 2.28. The van der Waals surface area contributed by atoms with E-state index in [4.69, 9.17) is 4.98 Å². The van der Waals surface area contributed by atoms with E-state index in [0.29, 0.717) is 11.5 Å². The van der Waals surface area contributed by atoms with Crippen molar-refractivity contribution in [2.24, 2.45) is 0 Å². The molecule has 4 rings (SSSR count). The maximum Gasteiger partial charge on any atom is 0.256 e. The number of anilines is 1. The summed E-state index contributed by atoms with van der Waals surface area (Å²) in [6.07, 6.45) is 5.84. The second-order valence-electron chi connectivity index (χ2n) is 7.90. The van der Waals surface area contributed by atoms with E-state index in [9.17, 15) is 4.79 Å². The highest BCUT2D eigenvalue weighted by Crippen LogP contribution is 2.40. The summed E-state index contributed by atoms with van der Waals surface area (Å²) in [4.78, 5) is 18.2. The zero-order valence-corrected chi connectivity index (χ0v) is 17.1. The third-order valence-corrected chi connectivity index (χ3v) is 5.55. The van der Waals surface area contributed by atoms with Crippen LogP contribution in [0.1, 0.15) is 79.7 Å². The molecule has 2 aromatic heterocycles. The number of benzene rings is 1. The molecule has 0 atom stereocenters. The van der Waals surface area contributed by atoms with Gasteiger partial charge in [-0.05, 0) is 56.7 Å². The smallest absolute Gasteiger partial charge is 0.256 e. The number of pyridine rings is 1. The lowest BCUT2D eigenvalue weighted by Gasteiger charge is -2.15. The molecule has 3 aromatic rings. The average molecular weight is 377 g/mol. The number of rotatable bonds is 6. The van der Waals surface area contributed by atoms with Gasteiger partial charge in [0.05, 0.1) is 17.1 Å². The van der Waals surface area contributed by atoms with Gasteiger partial charge in [-0.15, -0.1) is 0 Å². The Labute approximate surface area is 166 Å². The van der Waals surface area contributed by atoms with Crippen molar-refractivity contribution in [3.8, 4) is 0 Å². The van der Waals surface area contributed by atoms with Crippen molar-refractivity contribution >= 4 is 22.6 Å². The van der Waals surface area contributed by atoms with E-state index in [1.807, 2.05) is 10.7 Å². The number of hydrogen-bond donors (Lipinski definition) is 1. The molecule has 2 heterocycles. The maximum atomic E-state index is 13.4. The van der Waals surface area contributed by atoms with Crippen molar-refractivity contribution in [2.45, 2.75) is 65.3 Å². The highest BCUT2D eigenvalue weighted by atomic mass is 16.1. The minimum Gasteiger partial charge on any atom is -0.321 e. The van der Waals surface area contributed by atoms with Crippen molar-refractivity contribution in [3.05, 3.63) is 52.8 Å². The van der Waals surface area contributed by atoms with E-state index < -0.39 is 0 Å². The number of nitrogens with one attached hydrogen (secondary N) is 1. The number of carbonyl (C=O) groups is 1.